The standard InChI is InChI=1S/C14H24O3/c1-7-6-11-12(8(2)10(7)4-5-15)14(17)9(3)13(11)16/h7-13,15-16H,4-6H2,1-3H3/t7?,8?,9-,10?,11?,12?,13-/m1/s1. The summed E-state index contributed by atoms with van der Waals surface area (Å²) >= 11 is 0. The van der Waals surface area contributed by atoms with Crippen molar-refractivity contribution in [1.29, 1.82) is 0 Å². The lowest BCUT2D eigenvalue weighted by Gasteiger charge is -2.42. The van der Waals surface area contributed by atoms with Crippen LogP contribution in [0.3, 0.4) is 0 Å². The zero-order valence-corrected chi connectivity index (χ0v) is 11.0. The van der Waals surface area contributed by atoms with Gasteiger partial charge in [-0.05, 0) is 36.5 Å². The summed E-state index contributed by atoms with van der Waals surface area (Å²) < 4.78 is 0. The van der Waals surface area contributed by atoms with Gasteiger partial charge in [0.15, 0.2) is 0 Å². The molecule has 3 nitrogen and oxygen atoms in total. The number of Topliss-reactive ketones (excluding diaryl/α,β-unsaturated/α-hetero) is 1. The first-order chi connectivity index (χ1) is 7.99. The first kappa shape index (κ1) is 13.0. The monoisotopic (exact) mass is 240 g/mol. The van der Waals surface area contributed by atoms with E-state index < -0.39 is 6.10 Å². The van der Waals surface area contributed by atoms with Crippen LogP contribution in [0.4, 0.5) is 0 Å². The third-order valence-electron chi connectivity index (χ3n) is 5.27. The van der Waals surface area contributed by atoms with E-state index in [1.165, 1.54) is 0 Å². The Morgan fingerprint density at radius 2 is 1.94 bits per heavy atom. The van der Waals surface area contributed by atoms with Crippen LogP contribution in [0.25, 0.3) is 0 Å². The Kier molecular flexibility index (Phi) is 3.60. The highest BCUT2D eigenvalue weighted by molar-refractivity contribution is 5.87. The second-order valence-corrected chi connectivity index (χ2v) is 6.12. The molecule has 0 heterocycles. The summed E-state index contributed by atoms with van der Waals surface area (Å²) in [5, 5.41) is 19.3. The molecule has 17 heavy (non-hydrogen) atoms. The third-order valence-corrected chi connectivity index (χ3v) is 5.27. The number of carbonyl (C=O) groups is 1. The van der Waals surface area contributed by atoms with Gasteiger partial charge in [0.25, 0.3) is 0 Å². The number of hydrogen-bond donors (Lipinski definition) is 2. The van der Waals surface area contributed by atoms with E-state index in [0.29, 0.717) is 17.8 Å². The van der Waals surface area contributed by atoms with Crippen LogP contribution < -0.4 is 0 Å². The summed E-state index contributed by atoms with van der Waals surface area (Å²) in [5.41, 5.74) is 0. The van der Waals surface area contributed by atoms with Crippen molar-refractivity contribution in [3.8, 4) is 0 Å². The van der Waals surface area contributed by atoms with E-state index in [-0.39, 0.29) is 30.1 Å². The molecule has 0 aromatic heterocycles. The van der Waals surface area contributed by atoms with E-state index in [1.807, 2.05) is 6.92 Å². The van der Waals surface area contributed by atoms with E-state index in [2.05, 4.69) is 13.8 Å². The average molecular weight is 240 g/mol. The fraction of sp³-hybridized carbons (Fsp3) is 0.929. The molecule has 7 atom stereocenters. The topological polar surface area (TPSA) is 57.5 Å². The molecule has 0 aromatic carbocycles. The van der Waals surface area contributed by atoms with Gasteiger partial charge in [0.05, 0.1) is 6.10 Å². The van der Waals surface area contributed by atoms with E-state index >= 15 is 0 Å². The van der Waals surface area contributed by atoms with E-state index in [4.69, 9.17) is 5.11 Å². The number of carbonyl (C=O) groups excluding carboxylic acids is 1. The van der Waals surface area contributed by atoms with Crippen molar-refractivity contribution in [2.45, 2.75) is 39.7 Å². The Hall–Kier alpha value is -0.410. The van der Waals surface area contributed by atoms with Gasteiger partial charge < -0.3 is 10.2 Å². The molecule has 2 aliphatic rings. The van der Waals surface area contributed by atoms with Gasteiger partial charge >= 0.3 is 0 Å². The highest BCUT2D eigenvalue weighted by atomic mass is 16.3. The molecule has 0 spiro atoms. The molecule has 2 rings (SSSR count). The smallest absolute Gasteiger partial charge is 0.142 e. The van der Waals surface area contributed by atoms with Crippen LogP contribution >= 0.6 is 0 Å². The van der Waals surface area contributed by atoms with Crippen LogP contribution in [0, 0.1) is 35.5 Å². The number of aliphatic hydroxyl groups excluding tert-OH is 2. The SMILES string of the molecule is CC1CC2C(C(=O)[C@H](C)[C@H]2O)C(C)C1CCO. The lowest BCUT2D eigenvalue weighted by atomic mass is 9.62. The van der Waals surface area contributed by atoms with Crippen molar-refractivity contribution in [2.75, 3.05) is 6.61 Å². The largest absolute Gasteiger partial charge is 0.396 e. The van der Waals surface area contributed by atoms with Crippen molar-refractivity contribution < 1.29 is 15.0 Å². The molecular weight excluding hydrogens is 216 g/mol. The molecule has 3 heteroatoms. The van der Waals surface area contributed by atoms with Gasteiger partial charge in [0.2, 0.25) is 0 Å². The normalized spacial score (nSPS) is 50.4. The minimum absolute atomic E-state index is 0.0211. The summed E-state index contributed by atoms with van der Waals surface area (Å²) in [6, 6.07) is 0. The predicted octanol–water partition coefficient (Wildman–Crippen LogP) is 1.47. The number of rotatable bonds is 2. The predicted molar refractivity (Wildman–Crippen MR) is 65.3 cm³/mol. The second kappa shape index (κ2) is 4.69. The van der Waals surface area contributed by atoms with Gasteiger partial charge in [0.1, 0.15) is 5.78 Å². The third kappa shape index (κ3) is 1.93. The fourth-order valence-electron chi connectivity index (χ4n) is 4.29. The quantitative estimate of drug-likeness (QED) is 0.768. The highest BCUT2D eigenvalue weighted by Crippen LogP contribution is 2.50. The molecule has 2 saturated carbocycles. The molecule has 2 fully saturated rings. The maximum Gasteiger partial charge on any atom is 0.142 e. The lowest BCUT2D eigenvalue weighted by molar-refractivity contribution is -0.127. The Morgan fingerprint density at radius 3 is 2.53 bits per heavy atom. The highest BCUT2D eigenvalue weighted by Gasteiger charge is 2.53. The molecule has 2 N–H and O–H groups in total. The van der Waals surface area contributed by atoms with Crippen molar-refractivity contribution >= 4 is 5.78 Å². The summed E-state index contributed by atoms with van der Waals surface area (Å²) in [6.45, 7) is 6.36. The molecule has 0 amide bonds. The first-order valence-electron chi connectivity index (χ1n) is 6.81. The van der Waals surface area contributed by atoms with Crippen LogP contribution in [0.1, 0.15) is 33.6 Å². The molecular formula is C14H24O3. The number of ketones is 1. The minimum Gasteiger partial charge on any atom is -0.396 e. The number of fused-ring (bicyclic) bond motifs is 1. The average Bonchev–Trinajstić information content (AvgIpc) is 2.50. The van der Waals surface area contributed by atoms with Crippen LogP contribution in [0.2, 0.25) is 0 Å². The van der Waals surface area contributed by atoms with Crippen molar-refractivity contribution in [1.82, 2.24) is 0 Å². The molecule has 98 valence electrons. The van der Waals surface area contributed by atoms with Crippen molar-refractivity contribution in [2.24, 2.45) is 35.5 Å². The fourth-order valence-corrected chi connectivity index (χ4v) is 4.29. The second-order valence-electron chi connectivity index (χ2n) is 6.12. The lowest BCUT2D eigenvalue weighted by Crippen LogP contribution is -2.40. The molecule has 0 aliphatic heterocycles. The summed E-state index contributed by atoms with van der Waals surface area (Å²) in [7, 11) is 0. The first-order valence-corrected chi connectivity index (χ1v) is 6.81. The Bertz CT molecular complexity index is 302. The molecule has 5 unspecified atom stereocenters. The van der Waals surface area contributed by atoms with Gasteiger partial charge in [-0.2, -0.15) is 0 Å². The van der Waals surface area contributed by atoms with Gasteiger partial charge in [0, 0.05) is 18.4 Å². The molecule has 2 aliphatic carbocycles. The maximum atomic E-state index is 12.2. The number of hydrogen-bond acceptors (Lipinski definition) is 3. The van der Waals surface area contributed by atoms with Crippen molar-refractivity contribution in [3.63, 3.8) is 0 Å². The van der Waals surface area contributed by atoms with Crippen LogP contribution in [0.15, 0.2) is 0 Å². The van der Waals surface area contributed by atoms with Gasteiger partial charge in [-0.15, -0.1) is 0 Å². The van der Waals surface area contributed by atoms with Crippen LogP contribution in [0.5, 0.6) is 0 Å². The zero-order valence-electron chi connectivity index (χ0n) is 11.0. The molecule has 0 radical (unpaired) electrons. The Morgan fingerprint density at radius 1 is 1.29 bits per heavy atom. The molecule has 0 saturated heterocycles. The summed E-state index contributed by atoms with van der Waals surface area (Å²) in [4.78, 5) is 12.2. The van der Waals surface area contributed by atoms with Crippen molar-refractivity contribution in [3.05, 3.63) is 0 Å². The molecule has 0 bridgehead atoms. The van der Waals surface area contributed by atoms with E-state index in [9.17, 15) is 9.90 Å². The van der Waals surface area contributed by atoms with Gasteiger partial charge in [-0.1, -0.05) is 20.8 Å². The Labute approximate surface area is 103 Å². The van der Waals surface area contributed by atoms with E-state index in [1.54, 1.807) is 0 Å². The van der Waals surface area contributed by atoms with E-state index in [0.717, 1.165) is 12.8 Å². The zero-order chi connectivity index (χ0) is 12.7. The molecule has 0 aromatic rings. The minimum atomic E-state index is -0.451. The summed E-state index contributed by atoms with van der Waals surface area (Å²) in [5.74, 6) is 1.42. The maximum absolute atomic E-state index is 12.2. The van der Waals surface area contributed by atoms with Gasteiger partial charge in [-0.3, -0.25) is 4.79 Å². The van der Waals surface area contributed by atoms with Crippen LogP contribution in [-0.2, 0) is 4.79 Å². The Balaban J connectivity index is 2.22. The number of aliphatic hydroxyl groups is 2. The van der Waals surface area contributed by atoms with Crippen LogP contribution in [-0.4, -0.2) is 28.7 Å². The van der Waals surface area contributed by atoms with Gasteiger partial charge in [-0.25, -0.2) is 0 Å². The summed E-state index contributed by atoms with van der Waals surface area (Å²) in [6.07, 6.45) is 1.26.